The fourth-order valence-corrected chi connectivity index (χ4v) is 4.01. The standard InChI is InChI=1S/C26H32ClN5O2/c1-21(19-31-14-11-29-12-15-31)20-32(26(33)30-18-23-8-2-4-9-24(23)27)13-6-16-34-25-10-5-3-7-22(25)17-28/h2-5,7-10,29H,1,6,11-16,18-20H2,(H,30,33). The first-order valence-electron chi connectivity index (χ1n) is 11.5. The fraction of sp³-hybridized carbons (Fsp3) is 0.385. The monoisotopic (exact) mass is 481 g/mol. The van der Waals surface area contributed by atoms with Gasteiger partial charge in [-0.2, -0.15) is 5.26 Å². The second-order valence-electron chi connectivity index (χ2n) is 8.26. The van der Waals surface area contributed by atoms with Gasteiger partial charge in [0.1, 0.15) is 11.8 Å². The van der Waals surface area contributed by atoms with Crippen molar-refractivity contribution in [3.63, 3.8) is 0 Å². The maximum Gasteiger partial charge on any atom is 0.317 e. The number of carbonyl (C=O) groups is 1. The molecule has 0 radical (unpaired) electrons. The van der Waals surface area contributed by atoms with Crippen LogP contribution in [0.3, 0.4) is 0 Å². The van der Waals surface area contributed by atoms with Gasteiger partial charge in [0.2, 0.25) is 0 Å². The van der Waals surface area contributed by atoms with Crippen LogP contribution in [-0.2, 0) is 6.54 Å². The van der Waals surface area contributed by atoms with Gasteiger partial charge < -0.3 is 20.3 Å². The molecule has 1 aliphatic heterocycles. The average molecular weight is 482 g/mol. The Bertz CT molecular complexity index is 1000. The van der Waals surface area contributed by atoms with Gasteiger partial charge in [0.15, 0.2) is 0 Å². The van der Waals surface area contributed by atoms with Crippen molar-refractivity contribution >= 4 is 17.6 Å². The van der Waals surface area contributed by atoms with Crippen molar-refractivity contribution < 1.29 is 9.53 Å². The van der Waals surface area contributed by atoms with Gasteiger partial charge in [0.25, 0.3) is 0 Å². The Hall–Kier alpha value is -3.05. The third kappa shape index (κ3) is 8.07. The number of benzene rings is 2. The Morgan fingerprint density at radius 1 is 1.21 bits per heavy atom. The van der Waals surface area contributed by atoms with Gasteiger partial charge in [0.05, 0.1) is 12.2 Å². The number of hydrogen-bond acceptors (Lipinski definition) is 5. The number of nitriles is 1. The Kier molecular flexibility index (Phi) is 10.2. The van der Waals surface area contributed by atoms with E-state index >= 15 is 0 Å². The lowest BCUT2D eigenvalue weighted by Gasteiger charge is -2.30. The zero-order valence-corrected chi connectivity index (χ0v) is 20.2. The molecule has 0 aliphatic carbocycles. The highest BCUT2D eigenvalue weighted by Gasteiger charge is 2.17. The first kappa shape index (κ1) is 25.6. The van der Waals surface area contributed by atoms with Gasteiger partial charge in [-0.15, -0.1) is 0 Å². The van der Waals surface area contributed by atoms with Crippen LogP contribution >= 0.6 is 11.6 Å². The highest BCUT2D eigenvalue weighted by Crippen LogP contribution is 2.17. The van der Waals surface area contributed by atoms with Crippen LogP contribution in [0.15, 0.2) is 60.7 Å². The van der Waals surface area contributed by atoms with Crippen molar-refractivity contribution in [3.8, 4) is 11.8 Å². The van der Waals surface area contributed by atoms with Crippen LogP contribution in [0.2, 0.25) is 5.02 Å². The van der Waals surface area contributed by atoms with Crippen LogP contribution in [0.5, 0.6) is 5.75 Å². The summed E-state index contributed by atoms with van der Waals surface area (Å²) in [6, 6.07) is 16.6. The minimum absolute atomic E-state index is 0.168. The summed E-state index contributed by atoms with van der Waals surface area (Å²) in [4.78, 5) is 17.2. The summed E-state index contributed by atoms with van der Waals surface area (Å²) >= 11 is 6.24. The molecule has 2 aromatic rings. The summed E-state index contributed by atoms with van der Waals surface area (Å²) in [6.07, 6.45) is 0.625. The zero-order chi connectivity index (χ0) is 24.2. The number of piperazine rings is 1. The predicted molar refractivity (Wildman–Crippen MR) is 135 cm³/mol. The molecule has 7 nitrogen and oxygen atoms in total. The largest absolute Gasteiger partial charge is 0.492 e. The van der Waals surface area contributed by atoms with Crippen molar-refractivity contribution in [3.05, 3.63) is 76.8 Å². The number of urea groups is 1. The number of halogens is 1. The Balaban J connectivity index is 1.55. The van der Waals surface area contributed by atoms with E-state index in [1.54, 1.807) is 23.1 Å². The second-order valence-corrected chi connectivity index (χ2v) is 8.66. The topological polar surface area (TPSA) is 80.6 Å². The maximum absolute atomic E-state index is 13.0. The van der Waals surface area contributed by atoms with Crippen molar-refractivity contribution in [2.45, 2.75) is 13.0 Å². The smallest absolute Gasteiger partial charge is 0.317 e. The summed E-state index contributed by atoms with van der Waals surface area (Å²) in [7, 11) is 0. The number of ether oxygens (including phenoxy) is 1. The molecule has 180 valence electrons. The highest BCUT2D eigenvalue weighted by atomic mass is 35.5. The number of nitrogens with one attached hydrogen (secondary N) is 2. The molecule has 0 unspecified atom stereocenters. The molecular weight excluding hydrogens is 450 g/mol. The van der Waals surface area contributed by atoms with Gasteiger partial charge in [-0.3, -0.25) is 4.90 Å². The normalized spacial score (nSPS) is 13.6. The number of rotatable bonds is 11. The third-order valence-corrected chi connectivity index (χ3v) is 5.95. The Morgan fingerprint density at radius 2 is 1.94 bits per heavy atom. The summed E-state index contributed by atoms with van der Waals surface area (Å²) in [5.74, 6) is 0.558. The molecule has 0 atom stereocenters. The quantitative estimate of drug-likeness (QED) is 0.378. The lowest BCUT2D eigenvalue weighted by atomic mass is 10.2. The van der Waals surface area contributed by atoms with Crippen LogP contribution in [0.1, 0.15) is 17.5 Å². The van der Waals surface area contributed by atoms with E-state index in [0.29, 0.717) is 49.0 Å². The summed E-state index contributed by atoms with van der Waals surface area (Å²) in [5, 5.41) is 16.2. The molecule has 1 heterocycles. The number of amides is 2. The summed E-state index contributed by atoms with van der Waals surface area (Å²) in [5.41, 5.74) is 2.36. The second kappa shape index (κ2) is 13.6. The lowest BCUT2D eigenvalue weighted by Crippen LogP contribution is -2.46. The van der Waals surface area contributed by atoms with Crippen molar-refractivity contribution in [2.24, 2.45) is 0 Å². The van der Waals surface area contributed by atoms with E-state index in [-0.39, 0.29) is 6.03 Å². The molecule has 0 aromatic heterocycles. The maximum atomic E-state index is 13.0. The highest BCUT2D eigenvalue weighted by molar-refractivity contribution is 6.31. The average Bonchev–Trinajstić information content (AvgIpc) is 2.86. The van der Waals surface area contributed by atoms with Gasteiger partial charge in [0, 0.05) is 57.4 Å². The van der Waals surface area contributed by atoms with E-state index < -0.39 is 0 Å². The van der Waals surface area contributed by atoms with E-state index in [0.717, 1.165) is 43.9 Å². The van der Waals surface area contributed by atoms with E-state index in [2.05, 4.69) is 28.2 Å². The molecule has 34 heavy (non-hydrogen) atoms. The third-order valence-electron chi connectivity index (χ3n) is 5.58. The van der Waals surface area contributed by atoms with Crippen LogP contribution in [0, 0.1) is 11.3 Å². The van der Waals surface area contributed by atoms with Crippen LogP contribution in [0.25, 0.3) is 0 Å². The van der Waals surface area contributed by atoms with Crippen molar-refractivity contribution in [1.29, 1.82) is 5.26 Å². The molecule has 1 aliphatic rings. The molecule has 0 bridgehead atoms. The van der Waals surface area contributed by atoms with Crippen molar-refractivity contribution in [1.82, 2.24) is 20.4 Å². The van der Waals surface area contributed by atoms with E-state index in [1.807, 2.05) is 30.3 Å². The minimum atomic E-state index is -0.168. The molecule has 8 heteroatoms. The lowest BCUT2D eigenvalue weighted by molar-refractivity contribution is 0.192. The van der Waals surface area contributed by atoms with E-state index in [9.17, 15) is 10.1 Å². The molecule has 1 saturated heterocycles. The summed E-state index contributed by atoms with van der Waals surface area (Å²) < 4.78 is 5.79. The number of para-hydroxylation sites is 1. The number of carbonyl (C=O) groups excluding carboxylic acids is 1. The molecular formula is C26H32ClN5O2. The van der Waals surface area contributed by atoms with E-state index in [4.69, 9.17) is 16.3 Å². The van der Waals surface area contributed by atoms with E-state index in [1.165, 1.54) is 0 Å². The zero-order valence-electron chi connectivity index (χ0n) is 19.4. The minimum Gasteiger partial charge on any atom is -0.492 e. The van der Waals surface area contributed by atoms with Gasteiger partial charge in [-0.25, -0.2) is 4.79 Å². The fourth-order valence-electron chi connectivity index (χ4n) is 3.80. The number of hydrogen-bond donors (Lipinski definition) is 2. The van der Waals surface area contributed by atoms with Gasteiger partial charge in [-0.1, -0.05) is 48.5 Å². The first-order chi connectivity index (χ1) is 16.6. The Morgan fingerprint density at radius 3 is 2.71 bits per heavy atom. The molecule has 2 amide bonds. The molecule has 0 saturated carbocycles. The SMILES string of the molecule is C=C(CN1CCNCC1)CN(CCCOc1ccccc1C#N)C(=O)NCc1ccccc1Cl. The number of nitrogens with zero attached hydrogens (tertiary/aromatic N) is 3. The van der Waals surface area contributed by atoms with Crippen molar-refractivity contribution in [2.75, 3.05) is 52.4 Å². The predicted octanol–water partition coefficient (Wildman–Crippen LogP) is 3.65. The summed E-state index contributed by atoms with van der Waals surface area (Å²) in [6.45, 7) is 10.6. The first-order valence-corrected chi connectivity index (χ1v) is 11.9. The molecule has 0 spiro atoms. The molecule has 2 aromatic carbocycles. The van der Waals surface area contributed by atoms with Crippen LogP contribution in [-0.4, -0.2) is 68.3 Å². The molecule has 1 fully saturated rings. The van der Waals surface area contributed by atoms with Crippen LogP contribution < -0.4 is 15.4 Å². The van der Waals surface area contributed by atoms with Gasteiger partial charge >= 0.3 is 6.03 Å². The van der Waals surface area contributed by atoms with Gasteiger partial charge in [-0.05, 0) is 35.8 Å². The molecule has 3 rings (SSSR count). The Labute approximate surface area is 206 Å². The van der Waals surface area contributed by atoms with Crippen LogP contribution in [0.4, 0.5) is 4.79 Å². The molecule has 2 N–H and O–H groups in total.